The Kier molecular flexibility index (Phi) is 3.10. The summed E-state index contributed by atoms with van der Waals surface area (Å²) in [6, 6.07) is 4.11. The van der Waals surface area contributed by atoms with Gasteiger partial charge in [0.1, 0.15) is 17.7 Å². The normalized spacial score (nSPS) is 10.5. The number of nitrogens with zero attached hydrogens (tertiary/aromatic N) is 3. The van der Waals surface area contributed by atoms with Crippen molar-refractivity contribution in [1.82, 2.24) is 14.8 Å². The van der Waals surface area contributed by atoms with Gasteiger partial charge in [0.25, 0.3) is 0 Å². The number of aromatic carboxylic acids is 1. The summed E-state index contributed by atoms with van der Waals surface area (Å²) in [5.74, 6) is -2.06. The van der Waals surface area contributed by atoms with Gasteiger partial charge in [0.05, 0.1) is 0 Å². The average molecular weight is 253 g/mol. The van der Waals surface area contributed by atoms with Crippen LogP contribution in [0, 0.1) is 5.82 Å². The summed E-state index contributed by atoms with van der Waals surface area (Å²) in [5, 5.41) is 13.3. The molecule has 2 rings (SSSR count). The van der Waals surface area contributed by atoms with Gasteiger partial charge in [0.2, 0.25) is 0 Å². The number of aromatic nitrogens is 3. The van der Waals surface area contributed by atoms with Gasteiger partial charge in [0, 0.05) is 11.9 Å². The number of benzene rings is 1. The quantitative estimate of drug-likeness (QED) is 0.903. The van der Waals surface area contributed by atoms with E-state index < -0.39 is 11.8 Å². The molecule has 0 amide bonds. The molecule has 7 heteroatoms. The first-order valence-corrected chi connectivity index (χ1v) is 5.45. The highest BCUT2D eigenvalue weighted by molar-refractivity contribution is 7.99. The van der Waals surface area contributed by atoms with Gasteiger partial charge in [-0.2, -0.15) is 5.10 Å². The van der Waals surface area contributed by atoms with Crippen LogP contribution in [0.4, 0.5) is 4.39 Å². The number of carboxylic acids is 1. The Bertz CT molecular complexity index is 570. The van der Waals surface area contributed by atoms with Crippen LogP contribution in [0.3, 0.4) is 0 Å². The zero-order chi connectivity index (χ0) is 12.4. The minimum Gasteiger partial charge on any atom is -0.478 e. The maximum Gasteiger partial charge on any atom is 0.339 e. The van der Waals surface area contributed by atoms with Crippen molar-refractivity contribution in [3.63, 3.8) is 0 Å². The summed E-state index contributed by atoms with van der Waals surface area (Å²) < 4.78 is 14.9. The molecular formula is C10H8FN3O2S. The minimum atomic E-state index is -1.30. The van der Waals surface area contributed by atoms with Gasteiger partial charge in [-0.05, 0) is 23.9 Å². The molecule has 17 heavy (non-hydrogen) atoms. The molecule has 1 heterocycles. The Morgan fingerprint density at radius 1 is 1.53 bits per heavy atom. The third-order valence-electron chi connectivity index (χ3n) is 2.06. The highest BCUT2D eigenvalue weighted by atomic mass is 32.2. The van der Waals surface area contributed by atoms with E-state index in [1.54, 1.807) is 7.05 Å². The van der Waals surface area contributed by atoms with Crippen LogP contribution < -0.4 is 0 Å². The second kappa shape index (κ2) is 4.54. The fourth-order valence-electron chi connectivity index (χ4n) is 1.27. The van der Waals surface area contributed by atoms with Gasteiger partial charge < -0.3 is 5.11 Å². The van der Waals surface area contributed by atoms with E-state index in [4.69, 9.17) is 5.11 Å². The molecule has 88 valence electrons. The predicted octanol–water partition coefficient (Wildman–Crippen LogP) is 1.80. The highest BCUT2D eigenvalue weighted by Gasteiger charge is 2.17. The van der Waals surface area contributed by atoms with Crippen molar-refractivity contribution in [3.8, 4) is 0 Å². The zero-order valence-electron chi connectivity index (χ0n) is 8.79. The largest absolute Gasteiger partial charge is 0.478 e. The fourth-order valence-corrected chi connectivity index (χ4v) is 2.18. The Morgan fingerprint density at radius 3 is 2.88 bits per heavy atom. The third kappa shape index (κ3) is 2.28. The van der Waals surface area contributed by atoms with Crippen molar-refractivity contribution in [1.29, 1.82) is 0 Å². The summed E-state index contributed by atoms with van der Waals surface area (Å²) in [5.41, 5.74) is -0.347. The zero-order valence-corrected chi connectivity index (χ0v) is 9.61. The topological polar surface area (TPSA) is 68.0 Å². The summed E-state index contributed by atoms with van der Waals surface area (Å²) in [7, 11) is 1.68. The van der Waals surface area contributed by atoms with Gasteiger partial charge in [-0.1, -0.05) is 6.07 Å². The fraction of sp³-hybridized carbons (Fsp3) is 0.100. The van der Waals surface area contributed by atoms with Gasteiger partial charge in [0.15, 0.2) is 5.16 Å². The predicted molar refractivity (Wildman–Crippen MR) is 58.5 cm³/mol. The van der Waals surface area contributed by atoms with Crippen LogP contribution in [-0.4, -0.2) is 25.8 Å². The molecule has 0 fully saturated rings. The molecule has 5 nitrogen and oxygen atoms in total. The first-order valence-electron chi connectivity index (χ1n) is 4.63. The van der Waals surface area contributed by atoms with Crippen LogP contribution >= 0.6 is 11.8 Å². The molecule has 1 N–H and O–H groups in total. The standard InChI is InChI=1S/C10H8FN3O2S/c1-14-10(12-5-13-14)17-7-4-2-3-6(11)8(7)9(15)16/h2-5H,1H3,(H,15,16). The van der Waals surface area contributed by atoms with E-state index in [1.165, 1.54) is 23.1 Å². The summed E-state index contributed by atoms with van der Waals surface area (Å²) in [6.07, 6.45) is 1.35. The second-order valence-corrected chi connectivity index (χ2v) is 4.20. The van der Waals surface area contributed by atoms with Crippen molar-refractivity contribution in [3.05, 3.63) is 35.9 Å². The molecule has 0 saturated heterocycles. The number of carboxylic acid groups (broad SMARTS) is 1. The lowest BCUT2D eigenvalue weighted by Gasteiger charge is -2.05. The van der Waals surface area contributed by atoms with Gasteiger partial charge in [-0.15, -0.1) is 0 Å². The lowest BCUT2D eigenvalue weighted by atomic mass is 10.2. The Hall–Kier alpha value is -1.89. The van der Waals surface area contributed by atoms with Crippen LogP contribution in [0.2, 0.25) is 0 Å². The van der Waals surface area contributed by atoms with Crippen LogP contribution in [-0.2, 0) is 7.05 Å². The average Bonchev–Trinajstić information content (AvgIpc) is 2.64. The summed E-state index contributed by atoms with van der Waals surface area (Å²) in [4.78, 5) is 15.2. The van der Waals surface area contributed by atoms with E-state index in [2.05, 4.69) is 10.1 Å². The highest BCUT2D eigenvalue weighted by Crippen LogP contribution is 2.29. The second-order valence-electron chi connectivity index (χ2n) is 3.19. The van der Waals surface area contributed by atoms with Crippen molar-refractivity contribution in [2.75, 3.05) is 0 Å². The Balaban J connectivity index is 2.43. The summed E-state index contributed by atoms with van der Waals surface area (Å²) in [6.45, 7) is 0. The summed E-state index contributed by atoms with van der Waals surface area (Å²) >= 11 is 1.06. The minimum absolute atomic E-state index is 0.300. The van der Waals surface area contributed by atoms with Gasteiger partial charge >= 0.3 is 5.97 Å². The molecule has 0 aliphatic carbocycles. The van der Waals surface area contributed by atoms with Crippen molar-refractivity contribution in [2.24, 2.45) is 7.05 Å². The molecule has 1 aromatic carbocycles. The molecule has 0 aliphatic rings. The van der Waals surface area contributed by atoms with Crippen molar-refractivity contribution < 1.29 is 14.3 Å². The van der Waals surface area contributed by atoms with Gasteiger partial charge in [-0.3, -0.25) is 0 Å². The number of hydrogen-bond acceptors (Lipinski definition) is 4. The van der Waals surface area contributed by atoms with E-state index in [9.17, 15) is 9.18 Å². The van der Waals surface area contributed by atoms with Gasteiger partial charge in [-0.25, -0.2) is 18.9 Å². The van der Waals surface area contributed by atoms with Crippen LogP contribution in [0.1, 0.15) is 10.4 Å². The van der Waals surface area contributed by atoms with E-state index in [0.717, 1.165) is 17.8 Å². The van der Waals surface area contributed by atoms with Crippen molar-refractivity contribution in [2.45, 2.75) is 10.1 Å². The molecular weight excluding hydrogens is 245 g/mol. The molecule has 0 aliphatic heterocycles. The maximum atomic E-state index is 13.4. The van der Waals surface area contributed by atoms with Crippen molar-refractivity contribution >= 4 is 17.7 Å². The Labute approximate surface area is 100 Å². The number of aryl methyl sites for hydroxylation is 1. The molecule has 0 bridgehead atoms. The third-order valence-corrected chi connectivity index (χ3v) is 3.17. The van der Waals surface area contributed by atoms with Crippen LogP contribution in [0.25, 0.3) is 0 Å². The molecule has 1 aromatic heterocycles. The van der Waals surface area contributed by atoms with E-state index >= 15 is 0 Å². The van der Waals surface area contributed by atoms with E-state index in [1.807, 2.05) is 0 Å². The molecule has 0 atom stereocenters. The smallest absolute Gasteiger partial charge is 0.339 e. The SMILES string of the molecule is Cn1ncnc1Sc1cccc(F)c1C(=O)O. The first kappa shape index (κ1) is 11.6. The number of rotatable bonds is 3. The number of halogens is 1. The molecule has 2 aromatic rings. The molecule has 0 spiro atoms. The van der Waals surface area contributed by atoms with E-state index in [-0.39, 0.29) is 5.56 Å². The Morgan fingerprint density at radius 2 is 2.29 bits per heavy atom. The molecule has 0 radical (unpaired) electrons. The number of carbonyl (C=O) groups is 1. The maximum absolute atomic E-state index is 13.4. The molecule has 0 saturated carbocycles. The number of hydrogen-bond donors (Lipinski definition) is 1. The lowest BCUT2D eigenvalue weighted by Crippen LogP contribution is -2.03. The molecule has 0 unspecified atom stereocenters. The lowest BCUT2D eigenvalue weighted by molar-refractivity contribution is 0.0688. The monoisotopic (exact) mass is 253 g/mol. The van der Waals surface area contributed by atoms with Crippen LogP contribution in [0.5, 0.6) is 0 Å². The van der Waals surface area contributed by atoms with E-state index in [0.29, 0.717) is 10.1 Å². The van der Waals surface area contributed by atoms with Crippen LogP contribution in [0.15, 0.2) is 34.6 Å². The first-order chi connectivity index (χ1) is 8.09.